The Morgan fingerprint density at radius 3 is 2.43 bits per heavy atom. The number of amides is 1. The third-order valence-electron chi connectivity index (χ3n) is 1.55. The molecule has 1 aromatic rings. The normalized spacial score (nSPS) is 11.1. The molecule has 0 aliphatic rings. The average Bonchev–Trinajstić information content (AvgIpc) is 2.14. The van der Waals surface area contributed by atoms with Gasteiger partial charge in [0.2, 0.25) is 0 Å². The molecule has 0 unspecified atom stereocenters. The van der Waals surface area contributed by atoms with Crippen LogP contribution in [0.15, 0.2) is 30.3 Å². The number of carbonyl (C=O) groups excluding carboxylic acids is 1. The van der Waals surface area contributed by atoms with Crippen LogP contribution in [-0.2, 0) is 11.3 Å². The van der Waals surface area contributed by atoms with Crippen LogP contribution >= 0.6 is 11.6 Å². The van der Waals surface area contributed by atoms with E-state index in [0.29, 0.717) is 0 Å². The molecule has 0 aromatic heterocycles. The summed E-state index contributed by atoms with van der Waals surface area (Å²) in [5.74, 6) is -1.48. The predicted molar refractivity (Wildman–Crippen MR) is 49.1 cm³/mol. The van der Waals surface area contributed by atoms with Crippen LogP contribution in [0.1, 0.15) is 5.56 Å². The Balaban J connectivity index is 2.46. The SMILES string of the molecule is O=C(NCc1ccccc1)C(F)(F)Cl. The molecule has 2 nitrogen and oxygen atoms in total. The second-order valence-electron chi connectivity index (χ2n) is 2.67. The zero-order valence-electron chi connectivity index (χ0n) is 7.14. The molecular weight excluding hydrogens is 212 g/mol. The molecule has 76 valence electrons. The Kier molecular flexibility index (Phi) is 3.41. The number of halogens is 3. The molecule has 14 heavy (non-hydrogen) atoms. The van der Waals surface area contributed by atoms with Gasteiger partial charge in [0, 0.05) is 6.54 Å². The summed E-state index contributed by atoms with van der Waals surface area (Å²) >= 11 is 4.50. The smallest absolute Gasteiger partial charge is 0.346 e. The van der Waals surface area contributed by atoms with E-state index in [-0.39, 0.29) is 6.54 Å². The van der Waals surface area contributed by atoms with Crippen LogP contribution in [0.3, 0.4) is 0 Å². The van der Waals surface area contributed by atoms with Gasteiger partial charge in [0.15, 0.2) is 0 Å². The van der Waals surface area contributed by atoms with Crippen molar-refractivity contribution in [3.63, 3.8) is 0 Å². The number of hydrogen-bond acceptors (Lipinski definition) is 1. The van der Waals surface area contributed by atoms with Crippen LogP contribution in [0.5, 0.6) is 0 Å². The van der Waals surface area contributed by atoms with Gasteiger partial charge in [-0.2, -0.15) is 8.78 Å². The molecule has 0 radical (unpaired) electrons. The Labute approximate surface area is 84.9 Å². The van der Waals surface area contributed by atoms with Gasteiger partial charge >= 0.3 is 11.3 Å². The molecule has 0 atom stereocenters. The van der Waals surface area contributed by atoms with Crippen LogP contribution in [-0.4, -0.2) is 11.3 Å². The fourth-order valence-electron chi connectivity index (χ4n) is 0.878. The lowest BCUT2D eigenvalue weighted by Gasteiger charge is -2.08. The Hall–Kier alpha value is -1.16. The van der Waals surface area contributed by atoms with Gasteiger partial charge < -0.3 is 5.32 Å². The van der Waals surface area contributed by atoms with Crippen LogP contribution in [0.2, 0.25) is 0 Å². The van der Waals surface area contributed by atoms with E-state index < -0.39 is 11.3 Å². The molecular formula is C9H8ClF2NO. The minimum absolute atomic E-state index is 0.0436. The molecule has 1 aromatic carbocycles. The lowest BCUT2D eigenvalue weighted by molar-refractivity contribution is -0.135. The van der Waals surface area contributed by atoms with Gasteiger partial charge in [0.05, 0.1) is 0 Å². The molecule has 0 saturated heterocycles. The van der Waals surface area contributed by atoms with E-state index in [2.05, 4.69) is 11.6 Å². The zero-order chi connectivity index (χ0) is 10.6. The van der Waals surface area contributed by atoms with E-state index in [9.17, 15) is 13.6 Å². The van der Waals surface area contributed by atoms with Gasteiger partial charge in [0.1, 0.15) is 0 Å². The highest BCUT2D eigenvalue weighted by molar-refractivity contribution is 6.32. The summed E-state index contributed by atoms with van der Waals surface area (Å²) in [5.41, 5.74) is 0.738. The van der Waals surface area contributed by atoms with Crippen molar-refractivity contribution < 1.29 is 13.6 Å². The molecule has 0 aliphatic carbocycles. The fourth-order valence-corrected chi connectivity index (χ4v) is 0.945. The molecule has 1 rings (SSSR count). The second kappa shape index (κ2) is 4.37. The highest BCUT2D eigenvalue weighted by Gasteiger charge is 2.35. The standard InChI is InChI=1S/C9H8ClF2NO/c10-9(11,12)8(14)13-6-7-4-2-1-3-5-7/h1-5H,6H2,(H,13,14). The first kappa shape index (κ1) is 10.9. The molecule has 0 aliphatic heterocycles. The van der Waals surface area contributed by atoms with Crippen molar-refractivity contribution in [3.05, 3.63) is 35.9 Å². The minimum atomic E-state index is -3.84. The number of rotatable bonds is 3. The van der Waals surface area contributed by atoms with Crippen molar-refractivity contribution in [1.29, 1.82) is 0 Å². The van der Waals surface area contributed by atoms with Crippen molar-refractivity contribution in [2.24, 2.45) is 0 Å². The number of nitrogens with one attached hydrogen (secondary N) is 1. The van der Waals surface area contributed by atoms with Crippen molar-refractivity contribution >= 4 is 17.5 Å². The first-order chi connectivity index (χ1) is 6.50. The topological polar surface area (TPSA) is 29.1 Å². The number of alkyl halides is 3. The van der Waals surface area contributed by atoms with E-state index in [1.807, 2.05) is 5.32 Å². The minimum Gasteiger partial charge on any atom is -0.346 e. The Morgan fingerprint density at radius 2 is 1.93 bits per heavy atom. The van der Waals surface area contributed by atoms with E-state index in [1.165, 1.54) is 0 Å². The van der Waals surface area contributed by atoms with E-state index in [4.69, 9.17) is 0 Å². The summed E-state index contributed by atoms with van der Waals surface area (Å²) in [5, 5.41) is -1.82. The summed E-state index contributed by atoms with van der Waals surface area (Å²) in [4.78, 5) is 10.6. The van der Waals surface area contributed by atoms with Crippen molar-refractivity contribution in [2.45, 2.75) is 11.9 Å². The van der Waals surface area contributed by atoms with Gasteiger partial charge in [0.25, 0.3) is 0 Å². The van der Waals surface area contributed by atoms with E-state index in [1.54, 1.807) is 30.3 Å². The number of benzene rings is 1. The van der Waals surface area contributed by atoms with Crippen molar-refractivity contribution in [2.75, 3.05) is 0 Å². The van der Waals surface area contributed by atoms with Gasteiger partial charge in [-0.15, -0.1) is 0 Å². The van der Waals surface area contributed by atoms with E-state index in [0.717, 1.165) is 5.56 Å². The lowest BCUT2D eigenvalue weighted by Crippen LogP contribution is -2.35. The first-order valence-corrected chi connectivity index (χ1v) is 4.27. The molecule has 0 heterocycles. The summed E-state index contributed by atoms with van der Waals surface area (Å²) in [6.45, 7) is 0.0436. The maximum Gasteiger partial charge on any atom is 0.399 e. The quantitative estimate of drug-likeness (QED) is 0.776. The molecule has 1 N–H and O–H groups in total. The summed E-state index contributed by atoms with van der Waals surface area (Å²) < 4.78 is 24.3. The van der Waals surface area contributed by atoms with E-state index >= 15 is 0 Å². The third kappa shape index (κ3) is 3.30. The monoisotopic (exact) mass is 219 g/mol. The molecule has 1 amide bonds. The van der Waals surface area contributed by atoms with Crippen LogP contribution < -0.4 is 5.32 Å². The van der Waals surface area contributed by atoms with Gasteiger partial charge in [-0.1, -0.05) is 30.3 Å². The predicted octanol–water partition coefficient (Wildman–Crippen LogP) is 2.13. The molecule has 5 heteroatoms. The van der Waals surface area contributed by atoms with Gasteiger partial charge in [-0.3, -0.25) is 4.79 Å². The maximum atomic E-state index is 12.2. The maximum absolute atomic E-state index is 12.2. The van der Waals surface area contributed by atoms with Gasteiger partial charge in [-0.25, -0.2) is 0 Å². The van der Waals surface area contributed by atoms with Crippen molar-refractivity contribution in [3.8, 4) is 0 Å². The third-order valence-corrected chi connectivity index (χ3v) is 1.73. The number of hydrogen-bond donors (Lipinski definition) is 1. The highest BCUT2D eigenvalue weighted by atomic mass is 35.5. The van der Waals surface area contributed by atoms with Crippen molar-refractivity contribution in [1.82, 2.24) is 5.32 Å². The first-order valence-electron chi connectivity index (χ1n) is 3.89. The summed E-state index contributed by atoms with van der Waals surface area (Å²) in [6, 6.07) is 8.72. The molecule has 0 bridgehead atoms. The van der Waals surface area contributed by atoms with Gasteiger partial charge in [-0.05, 0) is 17.2 Å². The highest BCUT2D eigenvalue weighted by Crippen LogP contribution is 2.18. The second-order valence-corrected chi connectivity index (χ2v) is 3.14. The zero-order valence-corrected chi connectivity index (χ0v) is 7.89. The summed E-state index contributed by atoms with van der Waals surface area (Å²) in [7, 11) is 0. The average molecular weight is 220 g/mol. The Morgan fingerprint density at radius 1 is 1.36 bits per heavy atom. The molecule has 0 spiro atoms. The summed E-state index contributed by atoms with van der Waals surface area (Å²) in [6.07, 6.45) is 0. The molecule has 0 fully saturated rings. The van der Waals surface area contributed by atoms with Crippen LogP contribution in [0.25, 0.3) is 0 Å². The Bertz CT molecular complexity index is 310. The number of carbonyl (C=O) groups is 1. The largest absolute Gasteiger partial charge is 0.399 e. The van der Waals surface area contributed by atoms with Crippen LogP contribution in [0.4, 0.5) is 8.78 Å². The fraction of sp³-hybridized carbons (Fsp3) is 0.222. The molecule has 0 saturated carbocycles. The lowest BCUT2D eigenvalue weighted by atomic mass is 10.2. The van der Waals surface area contributed by atoms with Crippen LogP contribution in [0, 0.1) is 0 Å².